The van der Waals surface area contributed by atoms with E-state index in [1.807, 2.05) is 5.38 Å². The second-order valence-electron chi connectivity index (χ2n) is 5.11. The number of hydrogen-bond acceptors (Lipinski definition) is 5. The molecule has 112 valence electrons. The lowest BCUT2D eigenvalue weighted by Crippen LogP contribution is -2.33. The predicted molar refractivity (Wildman–Crippen MR) is 77.2 cm³/mol. The number of aliphatic hydroxyl groups is 1. The molecular weight excluding hydrogens is 300 g/mol. The second kappa shape index (κ2) is 5.80. The molecule has 0 spiro atoms. The van der Waals surface area contributed by atoms with Crippen LogP contribution in [0.25, 0.3) is 0 Å². The lowest BCUT2D eigenvalue weighted by Gasteiger charge is -2.17. The van der Waals surface area contributed by atoms with Gasteiger partial charge in [0.1, 0.15) is 0 Å². The maximum Gasteiger partial charge on any atom is 0.254 e. The number of carbonyl (C=O) groups excluding carboxylic acids is 1. The number of amides is 1. The largest absolute Gasteiger partial charge is 0.391 e. The van der Waals surface area contributed by atoms with Crippen LogP contribution in [0.1, 0.15) is 10.4 Å². The Labute approximate surface area is 122 Å². The fraction of sp³-hybridized carbons (Fsp3) is 0.583. The zero-order valence-electron chi connectivity index (χ0n) is 11.4. The first-order valence-electron chi connectivity index (χ1n) is 6.21. The number of likely N-dealkylation sites (tertiary alicyclic amines) is 1. The van der Waals surface area contributed by atoms with Crippen molar-refractivity contribution >= 4 is 27.3 Å². The van der Waals surface area contributed by atoms with E-state index < -0.39 is 22.0 Å². The minimum atomic E-state index is -3.38. The van der Waals surface area contributed by atoms with E-state index >= 15 is 0 Å². The molecule has 0 radical (unpaired) electrons. The summed E-state index contributed by atoms with van der Waals surface area (Å²) in [6.07, 6.45) is -0.799. The molecule has 6 nitrogen and oxygen atoms in total. The maximum atomic E-state index is 12.2. The van der Waals surface area contributed by atoms with Gasteiger partial charge in [0.05, 0.1) is 17.4 Å². The van der Waals surface area contributed by atoms with Crippen LogP contribution in [0.3, 0.4) is 0 Å². The molecule has 0 aromatic carbocycles. The van der Waals surface area contributed by atoms with Gasteiger partial charge in [-0.05, 0) is 11.4 Å². The standard InChI is InChI=1S/C12H18N2O4S2/c1-13(2)20(17,18)8-10-5-14(6-11(10)15)12(16)9-3-4-19-7-9/h3-4,7,10-11,15H,5-6,8H2,1-2H3/t10-,11-/m0/s1. The van der Waals surface area contributed by atoms with Gasteiger partial charge in [-0.25, -0.2) is 12.7 Å². The van der Waals surface area contributed by atoms with Gasteiger partial charge in [0.25, 0.3) is 5.91 Å². The van der Waals surface area contributed by atoms with Crippen LogP contribution >= 0.6 is 11.3 Å². The van der Waals surface area contributed by atoms with Gasteiger partial charge in [-0.2, -0.15) is 11.3 Å². The summed E-state index contributed by atoms with van der Waals surface area (Å²) in [5.41, 5.74) is 0.582. The third kappa shape index (κ3) is 3.20. The Morgan fingerprint density at radius 1 is 1.50 bits per heavy atom. The molecular formula is C12H18N2O4S2. The van der Waals surface area contributed by atoms with Crippen molar-refractivity contribution in [3.63, 3.8) is 0 Å². The summed E-state index contributed by atoms with van der Waals surface area (Å²) in [4.78, 5) is 13.7. The zero-order chi connectivity index (χ0) is 14.9. The molecule has 0 aliphatic carbocycles. The highest BCUT2D eigenvalue weighted by molar-refractivity contribution is 7.89. The van der Waals surface area contributed by atoms with Gasteiger partial charge < -0.3 is 10.0 Å². The predicted octanol–water partition coefficient (Wildman–Crippen LogP) is 0.0724. The first-order chi connectivity index (χ1) is 9.31. The van der Waals surface area contributed by atoms with Crippen molar-refractivity contribution in [3.8, 4) is 0 Å². The number of sulfonamides is 1. The minimum Gasteiger partial charge on any atom is -0.391 e. The van der Waals surface area contributed by atoms with Crippen LogP contribution in [0, 0.1) is 5.92 Å². The molecule has 2 rings (SSSR count). The Balaban J connectivity index is 2.04. The molecule has 2 atom stereocenters. The molecule has 1 N–H and O–H groups in total. The SMILES string of the molecule is CN(C)S(=O)(=O)C[C@@H]1CN(C(=O)c2ccsc2)C[C@@H]1O. The van der Waals surface area contributed by atoms with Crippen molar-refractivity contribution in [2.24, 2.45) is 5.92 Å². The Morgan fingerprint density at radius 2 is 2.20 bits per heavy atom. The lowest BCUT2D eigenvalue weighted by atomic mass is 10.1. The van der Waals surface area contributed by atoms with Crippen LogP contribution in [-0.2, 0) is 10.0 Å². The normalized spacial score (nSPS) is 23.5. The Morgan fingerprint density at radius 3 is 2.75 bits per heavy atom. The van der Waals surface area contributed by atoms with Crippen molar-refractivity contribution in [2.75, 3.05) is 32.9 Å². The summed E-state index contributed by atoms with van der Waals surface area (Å²) < 4.78 is 24.8. The van der Waals surface area contributed by atoms with Gasteiger partial charge >= 0.3 is 0 Å². The molecule has 1 aliphatic heterocycles. The van der Waals surface area contributed by atoms with Crippen LogP contribution in [0.15, 0.2) is 16.8 Å². The third-order valence-corrected chi connectivity index (χ3v) is 6.09. The van der Waals surface area contributed by atoms with E-state index in [1.54, 1.807) is 11.4 Å². The summed E-state index contributed by atoms with van der Waals surface area (Å²) >= 11 is 1.43. The van der Waals surface area contributed by atoms with Crippen LogP contribution in [0.5, 0.6) is 0 Å². The van der Waals surface area contributed by atoms with Gasteiger partial charge in [-0.1, -0.05) is 0 Å². The highest BCUT2D eigenvalue weighted by atomic mass is 32.2. The van der Waals surface area contributed by atoms with Gasteiger partial charge in [-0.3, -0.25) is 4.79 Å². The maximum absolute atomic E-state index is 12.2. The number of aliphatic hydroxyl groups excluding tert-OH is 1. The van der Waals surface area contributed by atoms with Gasteiger partial charge in [-0.15, -0.1) is 0 Å². The van der Waals surface area contributed by atoms with E-state index in [4.69, 9.17) is 0 Å². The van der Waals surface area contributed by atoms with Crippen molar-refractivity contribution in [2.45, 2.75) is 6.10 Å². The fourth-order valence-electron chi connectivity index (χ4n) is 2.17. The van der Waals surface area contributed by atoms with Gasteiger partial charge in [0, 0.05) is 38.5 Å². The number of rotatable bonds is 4. The number of nitrogens with zero attached hydrogens (tertiary/aromatic N) is 2. The van der Waals surface area contributed by atoms with Crippen molar-refractivity contribution in [1.29, 1.82) is 0 Å². The lowest BCUT2D eigenvalue weighted by molar-refractivity contribution is 0.0765. The molecule has 0 saturated carbocycles. The van der Waals surface area contributed by atoms with E-state index in [1.165, 1.54) is 30.3 Å². The quantitative estimate of drug-likeness (QED) is 0.852. The van der Waals surface area contributed by atoms with Gasteiger partial charge in [0.15, 0.2) is 0 Å². The van der Waals surface area contributed by atoms with E-state index in [-0.39, 0.29) is 24.7 Å². The number of carbonyl (C=O) groups is 1. The van der Waals surface area contributed by atoms with E-state index in [0.29, 0.717) is 5.56 Å². The monoisotopic (exact) mass is 318 g/mol. The topological polar surface area (TPSA) is 77.9 Å². The molecule has 2 heterocycles. The molecule has 1 aromatic rings. The van der Waals surface area contributed by atoms with Crippen LogP contribution in [0.2, 0.25) is 0 Å². The first-order valence-corrected chi connectivity index (χ1v) is 8.76. The summed E-state index contributed by atoms with van der Waals surface area (Å²) in [7, 11) is -0.454. The van der Waals surface area contributed by atoms with E-state index in [2.05, 4.69) is 0 Å². The average Bonchev–Trinajstić information content (AvgIpc) is 2.98. The molecule has 1 saturated heterocycles. The average molecular weight is 318 g/mol. The molecule has 1 fully saturated rings. The number of β-amino-alcohol motifs (C(OH)–C–C–N with tert-alkyl or cyclic N) is 1. The van der Waals surface area contributed by atoms with Gasteiger partial charge in [0.2, 0.25) is 10.0 Å². The molecule has 8 heteroatoms. The molecule has 20 heavy (non-hydrogen) atoms. The zero-order valence-corrected chi connectivity index (χ0v) is 13.0. The highest BCUT2D eigenvalue weighted by Gasteiger charge is 2.37. The highest BCUT2D eigenvalue weighted by Crippen LogP contribution is 2.22. The van der Waals surface area contributed by atoms with E-state index in [0.717, 1.165) is 4.31 Å². The Bertz CT molecular complexity index is 568. The second-order valence-corrected chi connectivity index (χ2v) is 8.12. The number of hydrogen-bond donors (Lipinski definition) is 1. The minimum absolute atomic E-state index is 0.144. The third-order valence-electron chi connectivity index (χ3n) is 3.44. The summed E-state index contributed by atoms with van der Waals surface area (Å²) in [5.74, 6) is -0.741. The van der Waals surface area contributed by atoms with Crippen molar-refractivity contribution in [3.05, 3.63) is 22.4 Å². The molecule has 1 aliphatic rings. The van der Waals surface area contributed by atoms with Crippen molar-refractivity contribution in [1.82, 2.24) is 9.21 Å². The van der Waals surface area contributed by atoms with Crippen LogP contribution in [-0.4, -0.2) is 67.7 Å². The summed E-state index contributed by atoms with van der Waals surface area (Å²) in [5, 5.41) is 13.5. The summed E-state index contributed by atoms with van der Waals surface area (Å²) in [6, 6.07) is 1.73. The fourth-order valence-corrected chi connectivity index (χ4v) is 3.97. The Hall–Kier alpha value is -0.960. The molecule has 0 unspecified atom stereocenters. The van der Waals surface area contributed by atoms with Crippen molar-refractivity contribution < 1.29 is 18.3 Å². The smallest absolute Gasteiger partial charge is 0.254 e. The van der Waals surface area contributed by atoms with Crippen LogP contribution in [0.4, 0.5) is 0 Å². The summed E-state index contributed by atoms with van der Waals surface area (Å²) in [6.45, 7) is 0.450. The molecule has 1 amide bonds. The van der Waals surface area contributed by atoms with E-state index in [9.17, 15) is 18.3 Å². The van der Waals surface area contributed by atoms with Crippen LogP contribution < -0.4 is 0 Å². The number of thiophene rings is 1. The first kappa shape index (κ1) is 15.4. The Kier molecular flexibility index (Phi) is 4.48. The molecule has 1 aromatic heterocycles. The molecule has 0 bridgehead atoms.